The largest absolute Gasteiger partial charge is 0.376 e. The monoisotopic (exact) mass is 372 g/mol. The number of nitrogens with one attached hydrogen (secondary N) is 1. The van der Waals surface area contributed by atoms with Crippen LogP contribution in [0.3, 0.4) is 0 Å². The molecule has 2 aromatic rings. The SMILES string of the molecule is O=C(CCN(CC1CCCO1)C(=O)c1cnccn1)Nc1ccccc1F. The first-order valence-electron chi connectivity index (χ1n) is 8.85. The van der Waals surface area contributed by atoms with Crippen molar-refractivity contribution >= 4 is 17.5 Å². The molecular weight excluding hydrogens is 351 g/mol. The van der Waals surface area contributed by atoms with Crippen molar-refractivity contribution < 1.29 is 18.7 Å². The lowest BCUT2D eigenvalue weighted by Crippen LogP contribution is -2.39. The number of carbonyl (C=O) groups excluding carboxylic acids is 2. The van der Waals surface area contributed by atoms with Gasteiger partial charge in [0.05, 0.1) is 18.0 Å². The van der Waals surface area contributed by atoms with Gasteiger partial charge in [0.15, 0.2) is 0 Å². The predicted octanol–water partition coefficient (Wildman–Crippen LogP) is 2.27. The number of nitrogens with zero attached hydrogens (tertiary/aromatic N) is 3. The van der Waals surface area contributed by atoms with Crippen LogP contribution in [0.25, 0.3) is 0 Å². The molecule has 1 fully saturated rings. The number of benzene rings is 1. The third-order valence-corrected chi connectivity index (χ3v) is 4.27. The lowest BCUT2D eigenvalue weighted by atomic mass is 10.2. The summed E-state index contributed by atoms with van der Waals surface area (Å²) in [6.45, 7) is 1.23. The maximum Gasteiger partial charge on any atom is 0.274 e. The summed E-state index contributed by atoms with van der Waals surface area (Å²) in [7, 11) is 0. The number of carbonyl (C=O) groups is 2. The topological polar surface area (TPSA) is 84.4 Å². The minimum atomic E-state index is -0.502. The molecule has 1 aliphatic rings. The molecule has 2 amide bonds. The maximum absolute atomic E-state index is 13.7. The van der Waals surface area contributed by atoms with Crippen LogP contribution in [-0.2, 0) is 9.53 Å². The highest BCUT2D eigenvalue weighted by Gasteiger charge is 2.24. The average molecular weight is 372 g/mol. The van der Waals surface area contributed by atoms with Crippen LogP contribution in [0.4, 0.5) is 10.1 Å². The second kappa shape index (κ2) is 9.18. The Balaban J connectivity index is 1.62. The van der Waals surface area contributed by atoms with Crippen LogP contribution in [0.5, 0.6) is 0 Å². The van der Waals surface area contributed by atoms with Crippen LogP contribution >= 0.6 is 0 Å². The van der Waals surface area contributed by atoms with Crippen molar-refractivity contribution in [3.63, 3.8) is 0 Å². The lowest BCUT2D eigenvalue weighted by molar-refractivity contribution is -0.116. The molecule has 7 nitrogen and oxygen atoms in total. The molecule has 1 unspecified atom stereocenters. The molecular formula is C19H21FN4O3. The highest BCUT2D eigenvalue weighted by atomic mass is 19.1. The van der Waals surface area contributed by atoms with Crippen molar-refractivity contribution in [2.24, 2.45) is 0 Å². The molecule has 1 aliphatic heterocycles. The van der Waals surface area contributed by atoms with Crippen molar-refractivity contribution in [1.82, 2.24) is 14.9 Å². The minimum Gasteiger partial charge on any atom is -0.376 e. The quantitative estimate of drug-likeness (QED) is 0.806. The van der Waals surface area contributed by atoms with Crippen LogP contribution < -0.4 is 5.32 Å². The molecule has 0 radical (unpaired) electrons. The Bertz CT molecular complexity index is 782. The van der Waals surface area contributed by atoms with Crippen molar-refractivity contribution in [3.8, 4) is 0 Å². The van der Waals surface area contributed by atoms with Gasteiger partial charge in [0.1, 0.15) is 11.5 Å². The van der Waals surface area contributed by atoms with E-state index in [9.17, 15) is 14.0 Å². The summed E-state index contributed by atoms with van der Waals surface area (Å²) in [4.78, 5) is 34.4. The number of para-hydroxylation sites is 1. The second-order valence-electron chi connectivity index (χ2n) is 6.25. The van der Waals surface area contributed by atoms with Crippen molar-refractivity contribution in [3.05, 3.63) is 54.4 Å². The molecule has 27 heavy (non-hydrogen) atoms. The minimum absolute atomic E-state index is 0.0348. The van der Waals surface area contributed by atoms with Gasteiger partial charge in [-0.25, -0.2) is 9.37 Å². The molecule has 1 N–H and O–H groups in total. The van der Waals surface area contributed by atoms with Crippen molar-refractivity contribution in [1.29, 1.82) is 0 Å². The van der Waals surface area contributed by atoms with Gasteiger partial charge in [-0.3, -0.25) is 14.6 Å². The molecule has 1 saturated heterocycles. The summed E-state index contributed by atoms with van der Waals surface area (Å²) in [5.41, 5.74) is 0.332. The Kier molecular flexibility index (Phi) is 6.43. The molecule has 1 aromatic carbocycles. The van der Waals surface area contributed by atoms with Gasteiger partial charge in [-0.05, 0) is 25.0 Å². The van der Waals surface area contributed by atoms with Gasteiger partial charge in [-0.2, -0.15) is 0 Å². The summed E-state index contributed by atoms with van der Waals surface area (Å²) in [5, 5.41) is 2.53. The van der Waals surface area contributed by atoms with E-state index in [-0.39, 0.29) is 42.3 Å². The van der Waals surface area contributed by atoms with Crippen LogP contribution in [-0.4, -0.2) is 52.5 Å². The Morgan fingerprint density at radius 1 is 1.30 bits per heavy atom. The summed E-state index contributed by atoms with van der Waals surface area (Å²) in [6, 6.07) is 5.95. The summed E-state index contributed by atoms with van der Waals surface area (Å²) >= 11 is 0. The van der Waals surface area contributed by atoms with Gasteiger partial charge < -0.3 is 15.0 Å². The molecule has 0 saturated carbocycles. The Labute approximate surface area is 156 Å². The molecule has 0 spiro atoms. The number of hydrogen-bond acceptors (Lipinski definition) is 5. The van der Waals surface area contributed by atoms with E-state index in [2.05, 4.69) is 15.3 Å². The van der Waals surface area contributed by atoms with Crippen LogP contribution in [0.15, 0.2) is 42.9 Å². The fraction of sp³-hybridized carbons (Fsp3) is 0.368. The first-order chi connectivity index (χ1) is 13.1. The van der Waals surface area contributed by atoms with E-state index < -0.39 is 5.82 Å². The van der Waals surface area contributed by atoms with Crippen LogP contribution in [0.1, 0.15) is 29.8 Å². The maximum atomic E-state index is 13.7. The first kappa shape index (κ1) is 18.9. The van der Waals surface area contributed by atoms with Gasteiger partial charge in [-0.1, -0.05) is 12.1 Å². The number of ether oxygens (including phenoxy) is 1. The predicted molar refractivity (Wildman–Crippen MR) is 96.6 cm³/mol. The number of amides is 2. The van der Waals surface area contributed by atoms with E-state index >= 15 is 0 Å². The molecule has 0 bridgehead atoms. The van der Waals surface area contributed by atoms with E-state index in [1.807, 2.05) is 0 Å². The smallest absolute Gasteiger partial charge is 0.274 e. The number of aromatic nitrogens is 2. The van der Waals surface area contributed by atoms with Crippen molar-refractivity contribution in [2.75, 3.05) is 25.0 Å². The number of halogens is 1. The number of hydrogen-bond donors (Lipinski definition) is 1. The first-order valence-corrected chi connectivity index (χ1v) is 8.85. The average Bonchev–Trinajstić information content (AvgIpc) is 3.20. The van der Waals surface area contributed by atoms with E-state index in [1.54, 1.807) is 17.0 Å². The third kappa shape index (κ3) is 5.30. The molecule has 1 atom stereocenters. The highest BCUT2D eigenvalue weighted by Crippen LogP contribution is 2.16. The zero-order valence-corrected chi connectivity index (χ0v) is 14.8. The van der Waals surface area contributed by atoms with Crippen LogP contribution in [0.2, 0.25) is 0 Å². The molecule has 1 aromatic heterocycles. The number of anilines is 1. The Hall–Kier alpha value is -2.87. The van der Waals surface area contributed by atoms with Gasteiger partial charge in [-0.15, -0.1) is 0 Å². The van der Waals surface area contributed by atoms with Gasteiger partial charge >= 0.3 is 0 Å². The third-order valence-electron chi connectivity index (χ3n) is 4.27. The zero-order chi connectivity index (χ0) is 19.1. The van der Waals surface area contributed by atoms with Gasteiger partial charge in [0, 0.05) is 38.5 Å². The Morgan fingerprint density at radius 3 is 2.85 bits per heavy atom. The summed E-state index contributed by atoms with van der Waals surface area (Å²) in [6.07, 6.45) is 6.13. The fourth-order valence-corrected chi connectivity index (χ4v) is 2.89. The molecule has 3 rings (SSSR count). The summed E-state index contributed by atoms with van der Waals surface area (Å²) < 4.78 is 19.3. The molecule has 8 heteroatoms. The normalized spacial score (nSPS) is 16.1. The Morgan fingerprint density at radius 2 is 2.15 bits per heavy atom. The van der Waals surface area contributed by atoms with E-state index in [4.69, 9.17) is 4.74 Å². The van der Waals surface area contributed by atoms with Crippen molar-refractivity contribution in [2.45, 2.75) is 25.4 Å². The lowest BCUT2D eigenvalue weighted by Gasteiger charge is -2.25. The highest BCUT2D eigenvalue weighted by molar-refractivity contribution is 5.93. The fourth-order valence-electron chi connectivity index (χ4n) is 2.89. The van der Waals surface area contributed by atoms with E-state index in [1.165, 1.54) is 30.7 Å². The number of rotatable bonds is 7. The zero-order valence-electron chi connectivity index (χ0n) is 14.8. The standard InChI is InChI=1S/C19H21FN4O3/c20-15-5-1-2-6-16(15)23-18(25)7-10-24(13-14-4-3-11-27-14)19(26)17-12-21-8-9-22-17/h1-2,5-6,8-9,12,14H,3-4,7,10-11,13H2,(H,23,25). The molecule has 2 heterocycles. The van der Waals surface area contributed by atoms with Gasteiger partial charge in [0.2, 0.25) is 5.91 Å². The molecule has 0 aliphatic carbocycles. The summed E-state index contributed by atoms with van der Waals surface area (Å²) in [5.74, 6) is -1.18. The second-order valence-corrected chi connectivity index (χ2v) is 6.25. The van der Waals surface area contributed by atoms with E-state index in [0.29, 0.717) is 13.2 Å². The molecule has 142 valence electrons. The van der Waals surface area contributed by atoms with E-state index in [0.717, 1.165) is 12.8 Å². The van der Waals surface area contributed by atoms with Crippen LogP contribution in [0, 0.1) is 5.82 Å². The van der Waals surface area contributed by atoms with Gasteiger partial charge in [0.25, 0.3) is 5.91 Å².